The molecule has 9 heteroatoms. The maximum Gasteiger partial charge on any atom is 0.255 e. The number of hydrogen-bond acceptors (Lipinski definition) is 6. The summed E-state index contributed by atoms with van der Waals surface area (Å²) in [6.45, 7) is 2.15. The molecule has 0 spiro atoms. The summed E-state index contributed by atoms with van der Waals surface area (Å²) in [6.07, 6.45) is 0.627. The van der Waals surface area contributed by atoms with E-state index in [2.05, 4.69) is 10.0 Å². The molecule has 0 unspecified atom stereocenters. The van der Waals surface area contributed by atoms with Gasteiger partial charge in [-0.05, 0) is 60.7 Å². The average Bonchev–Trinajstić information content (AvgIpc) is 3.28. The predicted octanol–water partition coefficient (Wildman–Crippen LogP) is 3.85. The van der Waals surface area contributed by atoms with Crippen LogP contribution in [0.15, 0.2) is 58.8 Å². The van der Waals surface area contributed by atoms with Crippen LogP contribution < -0.4 is 19.5 Å². The molecule has 0 radical (unpaired) electrons. The zero-order valence-corrected chi connectivity index (χ0v) is 19.1. The number of ether oxygens (including phenoxy) is 2. The van der Waals surface area contributed by atoms with Gasteiger partial charge in [0.15, 0.2) is 11.5 Å². The largest absolute Gasteiger partial charge is 0.493 e. The second-order valence-corrected chi connectivity index (χ2v) is 9.53. The Labute approximate surface area is 186 Å². The molecule has 7 nitrogen and oxygen atoms in total. The van der Waals surface area contributed by atoms with Gasteiger partial charge in [0.25, 0.3) is 5.91 Å². The maximum atomic E-state index is 12.6. The highest BCUT2D eigenvalue weighted by atomic mass is 32.2. The van der Waals surface area contributed by atoms with E-state index in [1.165, 1.54) is 31.4 Å². The van der Waals surface area contributed by atoms with Crippen LogP contribution >= 0.6 is 11.3 Å². The van der Waals surface area contributed by atoms with Gasteiger partial charge in [-0.2, -0.15) is 0 Å². The molecule has 31 heavy (non-hydrogen) atoms. The van der Waals surface area contributed by atoms with Crippen molar-refractivity contribution >= 4 is 33.0 Å². The van der Waals surface area contributed by atoms with Gasteiger partial charge < -0.3 is 14.8 Å². The fourth-order valence-corrected chi connectivity index (χ4v) is 4.68. The zero-order valence-electron chi connectivity index (χ0n) is 17.5. The van der Waals surface area contributed by atoms with Gasteiger partial charge >= 0.3 is 0 Å². The number of benzene rings is 2. The lowest BCUT2D eigenvalue weighted by atomic mass is 10.1. The number of thiophene rings is 1. The number of methoxy groups -OCH3 is 2. The first-order valence-electron chi connectivity index (χ1n) is 9.50. The summed E-state index contributed by atoms with van der Waals surface area (Å²) in [4.78, 5) is 13.9. The first-order chi connectivity index (χ1) is 14.8. The summed E-state index contributed by atoms with van der Waals surface area (Å²) < 4.78 is 38.1. The van der Waals surface area contributed by atoms with Gasteiger partial charge in [0.1, 0.15) is 0 Å². The van der Waals surface area contributed by atoms with Gasteiger partial charge in [0.05, 0.1) is 19.1 Å². The summed E-state index contributed by atoms with van der Waals surface area (Å²) in [5, 5.41) is 4.78. The van der Waals surface area contributed by atoms with E-state index in [1.807, 2.05) is 24.4 Å². The molecule has 3 rings (SSSR count). The molecule has 164 valence electrons. The fraction of sp³-hybridized carbons (Fsp3) is 0.227. The molecule has 0 saturated carbocycles. The smallest absolute Gasteiger partial charge is 0.255 e. The molecule has 2 N–H and O–H groups in total. The Morgan fingerprint density at radius 2 is 1.71 bits per heavy atom. The Balaban J connectivity index is 1.67. The first-order valence-corrected chi connectivity index (χ1v) is 11.9. The van der Waals surface area contributed by atoms with E-state index in [4.69, 9.17) is 9.47 Å². The standard InChI is InChI=1S/C22H24N2O5S2/c1-15-13-20(28-2)21(29-3)14-19(15)24-22(25)16-6-8-18(9-7-16)31(26,27)23-11-10-17-5-4-12-30-17/h4-9,12-14,23H,10-11H2,1-3H3,(H,24,25). The van der Waals surface area contributed by atoms with Crippen molar-refractivity contribution in [2.75, 3.05) is 26.1 Å². The number of hydrogen-bond donors (Lipinski definition) is 2. The number of carbonyl (C=O) groups is 1. The molecule has 1 heterocycles. The lowest BCUT2D eigenvalue weighted by molar-refractivity contribution is 0.102. The second kappa shape index (κ2) is 9.95. The van der Waals surface area contributed by atoms with E-state index in [0.717, 1.165) is 10.4 Å². The lowest BCUT2D eigenvalue weighted by Gasteiger charge is -2.14. The van der Waals surface area contributed by atoms with E-state index >= 15 is 0 Å². The van der Waals surface area contributed by atoms with Crippen LogP contribution in [-0.2, 0) is 16.4 Å². The lowest BCUT2D eigenvalue weighted by Crippen LogP contribution is -2.26. The van der Waals surface area contributed by atoms with Crippen molar-refractivity contribution in [3.63, 3.8) is 0 Å². The molecule has 0 bridgehead atoms. The molecular weight excluding hydrogens is 436 g/mol. The number of nitrogens with one attached hydrogen (secondary N) is 2. The van der Waals surface area contributed by atoms with Gasteiger partial charge in [-0.15, -0.1) is 11.3 Å². The molecule has 0 aliphatic carbocycles. The highest BCUT2D eigenvalue weighted by Gasteiger charge is 2.16. The minimum atomic E-state index is -3.65. The van der Waals surface area contributed by atoms with E-state index in [9.17, 15) is 13.2 Å². The predicted molar refractivity (Wildman–Crippen MR) is 122 cm³/mol. The quantitative estimate of drug-likeness (QED) is 0.506. The highest BCUT2D eigenvalue weighted by molar-refractivity contribution is 7.89. The molecule has 3 aromatic rings. The molecule has 1 aromatic heterocycles. The van der Waals surface area contributed by atoms with Gasteiger partial charge in [0.2, 0.25) is 10.0 Å². The Bertz CT molecular complexity index is 1140. The normalized spacial score (nSPS) is 11.2. The zero-order chi connectivity index (χ0) is 22.4. The third-order valence-corrected chi connectivity index (χ3v) is 7.06. The molecule has 1 amide bonds. The van der Waals surface area contributed by atoms with Crippen molar-refractivity contribution in [2.24, 2.45) is 0 Å². The summed E-state index contributed by atoms with van der Waals surface area (Å²) in [5.74, 6) is 0.711. The highest BCUT2D eigenvalue weighted by Crippen LogP contribution is 2.33. The molecule has 0 aliphatic rings. The summed E-state index contributed by atoms with van der Waals surface area (Å²) >= 11 is 1.59. The van der Waals surface area contributed by atoms with Crippen LogP contribution in [0, 0.1) is 6.92 Å². The van der Waals surface area contributed by atoms with E-state index in [0.29, 0.717) is 35.7 Å². The molecule has 0 fully saturated rings. The minimum Gasteiger partial charge on any atom is -0.493 e. The fourth-order valence-electron chi connectivity index (χ4n) is 2.94. The number of anilines is 1. The third kappa shape index (κ3) is 5.63. The Kier molecular flexibility index (Phi) is 7.32. The van der Waals surface area contributed by atoms with Crippen molar-refractivity contribution in [3.05, 3.63) is 69.9 Å². The van der Waals surface area contributed by atoms with Crippen molar-refractivity contribution in [2.45, 2.75) is 18.2 Å². The first kappa shape index (κ1) is 22.8. The topological polar surface area (TPSA) is 93.7 Å². The summed E-state index contributed by atoms with van der Waals surface area (Å²) in [7, 11) is -0.582. The van der Waals surface area contributed by atoms with Crippen molar-refractivity contribution in [1.82, 2.24) is 4.72 Å². The van der Waals surface area contributed by atoms with E-state index < -0.39 is 10.0 Å². The number of sulfonamides is 1. The molecule has 0 atom stereocenters. The number of aryl methyl sites for hydroxylation is 1. The van der Waals surface area contributed by atoms with Gasteiger partial charge in [-0.3, -0.25) is 4.79 Å². The van der Waals surface area contributed by atoms with Gasteiger partial charge in [0, 0.05) is 28.7 Å². The maximum absolute atomic E-state index is 12.6. The molecule has 2 aromatic carbocycles. The summed E-state index contributed by atoms with van der Waals surface area (Å²) in [6, 6.07) is 13.2. The number of amides is 1. The van der Waals surface area contributed by atoms with Crippen LogP contribution in [0.5, 0.6) is 11.5 Å². The Morgan fingerprint density at radius 1 is 1.03 bits per heavy atom. The summed E-state index contributed by atoms with van der Waals surface area (Å²) in [5.41, 5.74) is 1.72. The van der Waals surface area contributed by atoms with Crippen molar-refractivity contribution < 1.29 is 22.7 Å². The van der Waals surface area contributed by atoms with Crippen molar-refractivity contribution in [3.8, 4) is 11.5 Å². The van der Waals surface area contributed by atoms with Crippen LogP contribution in [0.1, 0.15) is 20.8 Å². The van der Waals surface area contributed by atoms with Gasteiger partial charge in [-0.1, -0.05) is 6.07 Å². The van der Waals surface area contributed by atoms with Crippen LogP contribution in [0.4, 0.5) is 5.69 Å². The van der Waals surface area contributed by atoms with Crippen LogP contribution in [0.25, 0.3) is 0 Å². The second-order valence-electron chi connectivity index (χ2n) is 6.73. The molecule has 0 aliphatic heterocycles. The molecular formula is C22H24N2O5S2. The van der Waals surface area contributed by atoms with E-state index in [1.54, 1.807) is 30.6 Å². The van der Waals surface area contributed by atoms with Crippen LogP contribution in [0.3, 0.4) is 0 Å². The average molecular weight is 461 g/mol. The van der Waals surface area contributed by atoms with E-state index in [-0.39, 0.29) is 10.8 Å². The van der Waals surface area contributed by atoms with Crippen LogP contribution in [0.2, 0.25) is 0 Å². The third-order valence-electron chi connectivity index (χ3n) is 4.65. The Hall–Kier alpha value is -2.88. The van der Waals surface area contributed by atoms with Crippen LogP contribution in [-0.4, -0.2) is 35.1 Å². The monoisotopic (exact) mass is 460 g/mol. The number of carbonyl (C=O) groups excluding carboxylic acids is 1. The van der Waals surface area contributed by atoms with Crippen molar-refractivity contribution in [1.29, 1.82) is 0 Å². The number of rotatable bonds is 9. The van der Waals surface area contributed by atoms with Gasteiger partial charge in [-0.25, -0.2) is 13.1 Å². The molecule has 0 saturated heterocycles. The minimum absolute atomic E-state index is 0.109. The SMILES string of the molecule is COc1cc(C)c(NC(=O)c2ccc(S(=O)(=O)NCCc3cccs3)cc2)cc1OC. The Morgan fingerprint density at radius 3 is 2.32 bits per heavy atom.